The fourth-order valence-electron chi connectivity index (χ4n) is 4.20. The van der Waals surface area contributed by atoms with Crippen LogP contribution in [0.1, 0.15) is 40.9 Å². The number of halogens is 2. The van der Waals surface area contributed by atoms with Gasteiger partial charge in [0.25, 0.3) is 17.7 Å². The summed E-state index contributed by atoms with van der Waals surface area (Å²) >= 11 is 0. The summed E-state index contributed by atoms with van der Waals surface area (Å²) in [6.45, 7) is 4.03. The zero-order valence-electron chi connectivity index (χ0n) is 20.5. The van der Waals surface area contributed by atoms with Gasteiger partial charge in [-0.1, -0.05) is 13.8 Å². The Kier molecular flexibility index (Phi) is 7.63. The van der Waals surface area contributed by atoms with E-state index in [-0.39, 0.29) is 17.9 Å². The van der Waals surface area contributed by atoms with Crippen molar-refractivity contribution in [2.75, 3.05) is 13.1 Å². The van der Waals surface area contributed by atoms with Gasteiger partial charge in [0.1, 0.15) is 17.9 Å². The lowest BCUT2D eigenvalue weighted by Crippen LogP contribution is -2.55. The lowest BCUT2D eigenvalue weighted by atomic mass is 9.81. The van der Waals surface area contributed by atoms with Crippen molar-refractivity contribution < 1.29 is 33.4 Å². The zero-order valence-corrected chi connectivity index (χ0v) is 20.5. The van der Waals surface area contributed by atoms with E-state index < -0.39 is 54.3 Å². The monoisotopic (exact) mass is 504 g/mol. The summed E-state index contributed by atoms with van der Waals surface area (Å²) in [5, 5.41) is 25.4. The highest BCUT2D eigenvalue weighted by Gasteiger charge is 2.64. The van der Waals surface area contributed by atoms with Crippen molar-refractivity contribution in [3.63, 3.8) is 0 Å². The number of alkyl halides is 2. The van der Waals surface area contributed by atoms with Crippen LogP contribution in [0.25, 0.3) is 0 Å². The Morgan fingerprint density at radius 3 is 2.44 bits per heavy atom. The molecule has 11 heteroatoms. The number of phenols is 1. The summed E-state index contributed by atoms with van der Waals surface area (Å²) in [7, 11) is 0. The van der Waals surface area contributed by atoms with Gasteiger partial charge >= 0.3 is 0 Å². The summed E-state index contributed by atoms with van der Waals surface area (Å²) in [6.07, 6.45) is 1.18. The summed E-state index contributed by atoms with van der Waals surface area (Å²) < 4.78 is 29.7. The number of nitrogens with one attached hydrogen (secondary N) is 2. The molecule has 0 spiro atoms. The Morgan fingerprint density at radius 2 is 1.81 bits per heavy atom. The Hall–Kier alpha value is -3.60. The van der Waals surface area contributed by atoms with Gasteiger partial charge in [0.2, 0.25) is 5.91 Å². The van der Waals surface area contributed by atoms with Gasteiger partial charge in [0, 0.05) is 30.1 Å². The molecule has 0 bridgehead atoms. The minimum Gasteiger partial charge on any atom is -0.508 e. The fraction of sp³-hybridized carbons (Fsp3) is 0.440. The molecular formula is C25H30F2N4O5. The number of aromatic hydroxyl groups is 1. The maximum absolute atomic E-state index is 14.9. The molecule has 2 atom stereocenters. The molecule has 1 aliphatic heterocycles. The maximum atomic E-state index is 14.9. The van der Waals surface area contributed by atoms with Crippen LogP contribution in [0.3, 0.4) is 0 Å². The lowest BCUT2D eigenvalue weighted by Gasteiger charge is -2.33. The number of aliphatic hydroxyl groups is 1. The second-order valence-corrected chi connectivity index (χ2v) is 9.55. The minimum absolute atomic E-state index is 0.0445. The zero-order chi connectivity index (χ0) is 26.8. The molecule has 1 saturated heterocycles. The lowest BCUT2D eigenvalue weighted by molar-refractivity contribution is -0.146. The smallest absolute Gasteiger partial charge is 0.272 e. The molecule has 4 N–H and O–H groups in total. The van der Waals surface area contributed by atoms with Crippen molar-refractivity contribution in [1.82, 2.24) is 20.5 Å². The number of benzene rings is 1. The average Bonchev–Trinajstić information content (AvgIpc) is 3.01. The number of aliphatic hydroxyl groups excluding tert-OH is 1. The average molecular weight is 505 g/mol. The Labute approximate surface area is 207 Å². The minimum atomic E-state index is -3.40. The van der Waals surface area contributed by atoms with Crippen molar-refractivity contribution in [3.8, 4) is 5.75 Å². The molecule has 9 nitrogen and oxygen atoms in total. The molecular weight excluding hydrogens is 474 g/mol. The van der Waals surface area contributed by atoms with E-state index in [0.717, 1.165) is 0 Å². The van der Waals surface area contributed by atoms with Gasteiger partial charge in [-0.25, -0.2) is 8.78 Å². The van der Waals surface area contributed by atoms with Crippen molar-refractivity contribution in [2.24, 2.45) is 5.41 Å². The van der Waals surface area contributed by atoms with Gasteiger partial charge < -0.3 is 25.7 Å². The highest BCUT2D eigenvalue weighted by molar-refractivity contribution is 5.97. The molecule has 0 unspecified atom stereocenters. The van der Waals surface area contributed by atoms with E-state index in [0.29, 0.717) is 21.6 Å². The third kappa shape index (κ3) is 5.30. The highest BCUT2D eigenvalue weighted by atomic mass is 19.3. The molecule has 36 heavy (non-hydrogen) atoms. The number of rotatable bonds is 7. The number of aryl methyl sites for hydroxylation is 1. The van der Waals surface area contributed by atoms with Crippen LogP contribution in [0.15, 0.2) is 36.7 Å². The van der Waals surface area contributed by atoms with E-state index in [4.69, 9.17) is 0 Å². The van der Waals surface area contributed by atoms with Crippen LogP contribution in [0.2, 0.25) is 0 Å². The molecule has 1 fully saturated rings. The molecule has 0 radical (unpaired) electrons. The summed E-state index contributed by atoms with van der Waals surface area (Å²) in [5.41, 5.74) is -0.134. The Bertz CT molecular complexity index is 1160. The first-order chi connectivity index (χ1) is 16.8. The molecule has 2 heterocycles. The highest BCUT2D eigenvalue weighted by Crippen LogP contribution is 2.48. The Balaban J connectivity index is 1.73. The number of carbonyl (C=O) groups is 3. The number of hydrogen-bond acceptors (Lipinski definition) is 6. The Morgan fingerprint density at radius 1 is 1.17 bits per heavy atom. The summed E-state index contributed by atoms with van der Waals surface area (Å²) in [6, 6.07) is 4.77. The number of nitrogens with zero attached hydrogens (tertiary/aromatic N) is 2. The molecule has 1 aliphatic rings. The van der Waals surface area contributed by atoms with E-state index in [1.807, 2.05) is 0 Å². The normalized spacial score (nSPS) is 19.0. The first kappa shape index (κ1) is 27.0. The second-order valence-electron chi connectivity index (χ2n) is 9.55. The molecule has 0 saturated carbocycles. The molecule has 194 valence electrons. The third-order valence-corrected chi connectivity index (χ3v) is 6.56. The van der Waals surface area contributed by atoms with Crippen molar-refractivity contribution in [2.45, 2.75) is 52.3 Å². The van der Waals surface area contributed by atoms with Gasteiger partial charge in [-0.2, -0.15) is 0 Å². The van der Waals surface area contributed by atoms with Crippen LogP contribution in [0.4, 0.5) is 8.78 Å². The number of hydrogen-bond donors (Lipinski definition) is 4. The van der Waals surface area contributed by atoms with Crippen LogP contribution in [-0.2, 0) is 16.1 Å². The number of pyridine rings is 1. The van der Waals surface area contributed by atoms with E-state index in [9.17, 15) is 33.4 Å². The standard InChI is InChI=1S/C25H30F2N4O5/c1-14-9-17(15(2)18(32)10-14)21(34)30-12-19(33)23(36)31-13-25(26,27)24(3,4)20(31)22(35)29-11-16-5-7-28-8-6-16/h5-10,19-20,32-33H,11-13H2,1-4H3,(H,29,35)(H,30,34)/t19-,20+/m0/s1. The number of amides is 3. The van der Waals surface area contributed by atoms with E-state index in [2.05, 4.69) is 15.6 Å². The quantitative estimate of drug-likeness (QED) is 0.454. The van der Waals surface area contributed by atoms with Gasteiger partial charge in [0.05, 0.1) is 18.5 Å². The number of phenolic OH excluding ortho intramolecular Hbond substituents is 1. The number of carbonyl (C=O) groups excluding carboxylic acids is 3. The fourth-order valence-corrected chi connectivity index (χ4v) is 4.20. The first-order valence-corrected chi connectivity index (χ1v) is 11.4. The van der Waals surface area contributed by atoms with Gasteiger partial charge in [-0.3, -0.25) is 19.4 Å². The largest absolute Gasteiger partial charge is 0.508 e. The molecule has 0 aliphatic carbocycles. The first-order valence-electron chi connectivity index (χ1n) is 11.4. The van der Waals surface area contributed by atoms with Crippen LogP contribution in [-0.4, -0.2) is 69.0 Å². The van der Waals surface area contributed by atoms with Crippen LogP contribution in [0, 0.1) is 19.3 Å². The van der Waals surface area contributed by atoms with E-state index in [1.54, 1.807) is 19.1 Å². The second kappa shape index (κ2) is 10.2. The van der Waals surface area contributed by atoms with Gasteiger partial charge in [0.15, 0.2) is 0 Å². The van der Waals surface area contributed by atoms with Crippen LogP contribution in [0.5, 0.6) is 5.75 Å². The van der Waals surface area contributed by atoms with Gasteiger partial charge in [-0.05, 0) is 49.2 Å². The van der Waals surface area contributed by atoms with Gasteiger partial charge in [-0.15, -0.1) is 0 Å². The van der Waals surface area contributed by atoms with Crippen molar-refractivity contribution in [3.05, 3.63) is 58.9 Å². The topological polar surface area (TPSA) is 132 Å². The summed E-state index contributed by atoms with van der Waals surface area (Å²) in [4.78, 5) is 43.1. The molecule has 3 rings (SSSR count). The van der Waals surface area contributed by atoms with Crippen molar-refractivity contribution >= 4 is 17.7 Å². The third-order valence-electron chi connectivity index (χ3n) is 6.56. The van der Waals surface area contributed by atoms with E-state index >= 15 is 0 Å². The number of aromatic nitrogens is 1. The predicted molar refractivity (Wildman–Crippen MR) is 126 cm³/mol. The molecule has 1 aromatic carbocycles. The number of likely N-dealkylation sites (tertiary alicyclic amines) is 1. The van der Waals surface area contributed by atoms with Crippen LogP contribution < -0.4 is 10.6 Å². The van der Waals surface area contributed by atoms with Crippen LogP contribution >= 0.6 is 0 Å². The molecule has 2 aromatic rings. The summed E-state index contributed by atoms with van der Waals surface area (Å²) in [5.74, 6) is -6.03. The SMILES string of the molecule is Cc1cc(O)c(C)c(C(=O)NC[C@H](O)C(=O)N2CC(F)(F)C(C)(C)[C@H]2C(=O)NCc2ccncc2)c1. The maximum Gasteiger partial charge on any atom is 0.272 e. The predicted octanol–water partition coefficient (Wildman–Crippen LogP) is 1.68. The molecule has 1 aromatic heterocycles. The van der Waals surface area contributed by atoms with Crippen molar-refractivity contribution in [1.29, 1.82) is 0 Å². The van der Waals surface area contributed by atoms with E-state index in [1.165, 1.54) is 45.3 Å². The molecule has 3 amide bonds.